The highest BCUT2D eigenvalue weighted by molar-refractivity contribution is 5.40. The van der Waals surface area contributed by atoms with E-state index < -0.39 is 11.7 Å². The monoisotopic (exact) mass is 274 g/mol. The molecule has 1 aliphatic heterocycles. The SMILES string of the molecule is NCCN1CCN(c2ccc(C(F)(F)F)cn2)CC1. The molecule has 19 heavy (non-hydrogen) atoms. The fraction of sp³-hybridized carbons (Fsp3) is 0.583. The number of halogens is 3. The summed E-state index contributed by atoms with van der Waals surface area (Å²) in [6.45, 7) is 4.73. The molecule has 4 nitrogen and oxygen atoms in total. The number of rotatable bonds is 3. The molecule has 2 N–H and O–H groups in total. The van der Waals surface area contributed by atoms with E-state index in [-0.39, 0.29) is 0 Å². The Morgan fingerprint density at radius 3 is 2.32 bits per heavy atom. The molecule has 0 amide bonds. The number of pyridine rings is 1. The van der Waals surface area contributed by atoms with Crippen molar-refractivity contribution in [1.82, 2.24) is 9.88 Å². The predicted molar refractivity (Wildman–Crippen MR) is 66.9 cm³/mol. The van der Waals surface area contributed by atoms with Crippen molar-refractivity contribution in [3.05, 3.63) is 23.9 Å². The number of aromatic nitrogens is 1. The molecule has 0 aliphatic carbocycles. The summed E-state index contributed by atoms with van der Waals surface area (Å²) in [5.74, 6) is 0.598. The van der Waals surface area contributed by atoms with Crippen LogP contribution >= 0.6 is 0 Å². The molecule has 7 heteroatoms. The van der Waals surface area contributed by atoms with E-state index >= 15 is 0 Å². The second-order valence-electron chi connectivity index (χ2n) is 4.52. The van der Waals surface area contributed by atoms with Crippen molar-refractivity contribution in [3.8, 4) is 0 Å². The van der Waals surface area contributed by atoms with Crippen LogP contribution in [0.4, 0.5) is 19.0 Å². The van der Waals surface area contributed by atoms with E-state index in [1.807, 2.05) is 4.90 Å². The Morgan fingerprint density at radius 2 is 1.84 bits per heavy atom. The van der Waals surface area contributed by atoms with Crippen molar-refractivity contribution in [2.45, 2.75) is 6.18 Å². The van der Waals surface area contributed by atoms with Gasteiger partial charge in [-0.15, -0.1) is 0 Å². The molecule has 0 bridgehead atoms. The molecule has 1 fully saturated rings. The van der Waals surface area contributed by atoms with E-state index in [9.17, 15) is 13.2 Å². The summed E-state index contributed by atoms with van der Waals surface area (Å²) in [5.41, 5.74) is 4.78. The molecular weight excluding hydrogens is 257 g/mol. The Labute approximate surface area is 110 Å². The Hall–Kier alpha value is -1.34. The average molecular weight is 274 g/mol. The number of hydrogen-bond acceptors (Lipinski definition) is 4. The number of piperazine rings is 1. The van der Waals surface area contributed by atoms with E-state index in [4.69, 9.17) is 5.73 Å². The molecule has 0 atom stereocenters. The van der Waals surface area contributed by atoms with Gasteiger partial charge in [0, 0.05) is 45.5 Å². The third-order valence-corrected chi connectivity index (χ3v) is 3.22. The molecule has 106 valence electrons. The fourth-order valence-corrected chi connectivity index (χ4v) is 2.12. The molecule has 1 aromatic heterocycles. The largest absolute Gasteiger partial charge is 0.417 e. The molecule has 2 heterocycles. The average Bonchev–Trinajstić information content (AvgIpc) is 2.39. The minimum atomic E-state index is -4.33. The molecule has 0 aromatic carbocycles. The summed E-state index contributed by atoms with van der Waals surface area (Å²) in [7, 11) is 0. The summed E-state index contributed by atoms with van der Waals surface area (Å²) in [6, 6.07) is 2.51. The van der Waals surface area contributed by atoms with E-state index in [0.29, 0.717) is 12.4 Å². The summed E-state index contributed by atoms with van der Waals surface area (Å²) < 4.78 is 37.3. The summed E-state index contributed by atoms with van der Waals surface area (Å²) >= 11 is 0. The van der Waals surface area contributed by atoms with Gasteiger partial charge in [-0.3, -0.25) is 4.90 Å². The zero-order chi connectivity index (χ0) is 13.9. The van der Waals surface area contributed by atoms with Gasteiger partial charge in [0.15, 0.2) is 0 Å². The minimum absolute atomic E-state index is 0.598. The van der Waals surface area contributed by atoms with Crippen molar-refractivity contribution < 1.29 is 13.2 Å². The first kappa shape index (κ1) is 14.1. The minimum Gasteiger partial charge on any atom is -0.354 e. The Kier molecular flexibility index (Phi) is 4.26. The fourth-order valence-electron chi connectivity index (χ4n) is 2.12. The second-order valence-corrected chi connectivity index (χ2v) is 4.52. The molecule has 0 spiro atoms. The van der Waals surface area contributed by atoms with Crippen LogP contribution in [0.25, 0.3) is 0 Å². The smallest absolute Gasteiger partial charge is 0.354 e. The van der Waals surface area contributed by atoms with E-state index in [0.717, 1.165) is 45.0 Å². The number of nitrogens with zero attached hydrogens (tertiary/aromatic N) is 3. The first-order chi connectivity index (χ1) is 9.00. The van der Waals surface area contributed by atoms with Gasteiger partial charge in [0.05, 0.1) is 5.56 Å². The third kappa shape index (κ3) is 3.57. The summed E-state index contributed by atoms with van der Waals surface area (Å²) in [6.07, 6.45) is -3.44. The van der Waals surface area contributed by atoms with Crippen LogP contribution in [0, 0.1) is 0 Å². The third-order valence-electron chi connectivity index (χ3n) is 3.22. The van der Waals surface area contributed by atoms with Gasteiger partial charge in [-0.1, -0.05) is 0 Å². The summed E-state index contributed by atoms with van der Waals surface area (Å²) in [4.78, 5) is 8.13. The zero-order valence-corrected chi connectivity index (χ0v) is 10.5. The zero-order valence-electron chi connectivity index (χ0n) is 10.5. The normalized spacial score (nSPS) is 17.8. The van der Waals surface area contributed by atoms with E-state index in [1.165, 1.54) is 6.07 Å². The van der Waals surface area contributed by atoms with E-state index in [1.54, 1.807) is 0 Å². The molecule has 1 saturated heterocycles. The number of alkyl halides is 3. The lowest BCUT2D eigenvalue weighted by molar-refractivity contribution is -0.137. The van der Waals surface area contributed by atoms with Gasteiger partial charge < -0.3 is 10.6 Å². The van der Waals surface area contributed by atoms with Crippen molar-refractivity contribution >= 4 is 5.82 Å². The summed E-state index contributed by atoms with van der Waals surface area (Å²) in [5, 5.41) is 0. The van der Waals surface area contributed by atoms with E-state index in [2.05, 4.69) is 9.88 Å². The van der Waals surface area contributed by atoms with Crippen LogP contribution < -0.4 is 10.6 Å². The quantitative estimate of drug-likeness (QED) is 0.899. The number of anilines is 1. The topological polar surface area (TPSA) is 45.4 Å². The lowest BCUT2D eigenvalue weighted by Gasteiger charge is -2.35. The van der Waals surface area contributed by atoms with Crippen LogP contribution in [0.3, 0.4) is 0 Å². The van der Waals surface area contributed by atoms with Crippen LogP contribution in [-0.2, 0) is 6.18 Å². The van der Waals surface area contributed by atoms with Crippen molar-refractivity contribution in [1.29, 1.82) is 0 Å². The van der Waals surface area contributed by atoms with Gasteiger partial charge in [0.25, 0.3) is 0 Å². The Balaban J connectivity index is 1.97. The molecule has 0 radical (unpaired) electrons. The standard InChI is InChI=1S/C12H17F3N4/c13-12(14,15)10-1-2-11(17-9-10)19-7-5-18(4-3-16)6-8-19/h1-2,9H,3-8,16H2. The second kappa shape index (κ2) is 5.75. The van der Waals surface area contributed by atoms with Crippen molar-refractivity contribution in [3.63, 3.8) is 0 Å². The lowest BCUT2D eigenvalue weighted by Crippen LogP contribution is -2.48. The molecule has 0 unspecified atom stereocenters. The van der Waals surface area contributed by atoms with Crippen LogP contribution in [0.1, 0.15) is 5.56 Å². The molecular formula is C12H17F3N4. The Bertz CT molecular complexity index is 396. The number of nitrogens with two attached hydrogens (primary N) is 1. The maximum atomic E-state index is 12.4. The molecule has 0 saturated carbocycles. The number of hydrogen-bond donors (Lipinski definition) is 1. The van der Waals surface area contributed by atoms with Gasteiger partial charge >= 0.3 is 6.18 Å². The first-order valence-corrected chi connectivity index (χ1v) is 6.21. The predicted octanol–water partition coefficient (Wildman–Crippen LogP) is 1.18. The molecule has 1 aromatic rings. The highest BCUT2D eigenvalue weighted by Crippen LogP contribution is 2.29. The maximum Gasteiger partial charge on any atom is 0.417 e. The van der Waals surface area contributed by atoms with Crippen LogP contribution in [0.2, 0.25) is 0 Å². The van der Waals surface area contributed by atoms with Gasteiger partial charge in [-0.25, -0.2) is 4.98 Å². The highest BCUT2D eigenvalue weighted by atomic mass is 19.4. The molecule has 1 aliphatic rings. The maximum absolute atomic E-state index is 12.4. The highest BCUT2D eigenvalue weighted by Gasteiger charge is 2.31. The van der Waals surface area contributed by atoms with Gasteiger partial charge in [-0.05, 0) is 12.1 Å². The first-order valence-electron chi connectivity index (χ1n) is 6.21. The van der Waals surface area contributed by atoms with Crippen molar-refractivity contribution in [2.75, 3.05) is 44.2 Å². The van der Waals surface area contributed by atoms with Gasteiger partial charge in [0.2, 0.25) is 0 Å². The Morgan fingerprint density at radius 1 is 1.16 bits per heavy atom. The van der Waals surface area contributed by atoms with Gasteiger partial charge in [-0.2, -0.15) is 13.2 Å². The van der Waals surface area contributed by atoms with Crippen LogP contribution in [0.5, 0.6) is 0 Å². The van der Waals surface area contributed by atoms with Gasteiger partial charge in [0.1, 0.15) is 5.82 Å². The molecule has 2 rings (SSSR count). The van der Waals surface area contributed by atoms with Crippen LogP contribution in [-0.4, -0.2) is 49.2 Å². The van der Waals surface area contributed by atoms with Crippen LogP contribution in [0.15, 0.2) is 18.3 Å². The lowest BCUT2D eigenvalue weighted by atomic mass is 10.2. The van der Waals surface area contributed by atoms with Crippen molar-refractivity contribution in [2.24, 2.45) is 5.73 Å².